The second-order valence-electron chi connectivity index (χ2n) is 7.64. The van der Waals surface area contributed by atoms with Crippen LogP contribution in [0.1, 0.15) is 18.1 Å². The van der Waals surface area contributed by atoms with Crippen LogP contribution < -0.4 is 14.8 Å². The van der Waals surface area contributed by atoms with E-state index < -0.39 is 6.10 Å². The maximum atomic E-state index is 12.9. The van der Waals surface area contributed by atoms with Crippen LogP contribution in [0.15, 0.2) is 71.3 Å². The summed E-state index contributed by atoms with van der Waals surface area (Å²) in [5.74, 6) is 1.90. The van der Waals surface area contributed by atoms with Crippen LogP contribution in [-0.4, -0.2) is 29.3 Å². The molecule has 1 atom stereocenters. The van der Waals surface area contributed by atoms with Crippen LogP contribution in [0.5, 0.6) is 11.5 Å². The molecule has 1 N–H and O–H groups in total. The third kappa shape index (κ3) is 4.87. The van der Waals surface area contributed by atoms with Gasteiger partial charge in [-0.15, -0.1) is 0 Å². The lowest BCUT2D eigenvalue weighted by molar-refractivity contribution is -0.122. The van der Waals surface area contributed by atoms with E-state index >= 15 is 0 Å². The Kier molecular flexibility index (Phi) is 6.40. The molecule has 7 heteroatoms. The number of hydrogen-bond donors (Lipinski definition) is 1. The minimum atomic E-state index is -0.698. The summed E-state index contributed by atoms with van der Waals surface area (Å²) in [6.45, 7) is 5.70. The number of benzene rings is 3. The van der Waals surface area contributed by atoms with Crippen molar-refractivity contribution in [1.29, 1.82) is 0 Å². The summed E-state index contributed by atoms with van der Waals surface area (Å²) in [6, 6.07) is 20.4. The Balaban J connectivity index is 1.52. The molecule has 1 heterocycles. The zero-order chi connectivity index (χ0) is 23.4. The summed E-state index contributed by atoms with van der Waals surface area (Å²) in [4.78, 5) is 17.4. The molecule has 0 aliphatic heterocycles. The predicted molar refractivity (Wildman–Crippen MR) is 126 cm³/mol. The lowest BCUT2D eigenvalue weighted by atomic mass is 10.1. The van der Waals surface area contributed by atoms with Gasteiger partial charge in [0.05, 0.1) is 18.4 Å². The molecule has 4 aromatic rings. The summed E-state index contributed by atoms with van der Waals surface area (Å²) >= 11 is 0. The molecule has 7 nitrogen and oxygen atoms in total. The molecule has 168 valence electrons. The van der Waals surface area contributed by atoms with Crippen molar-refractivity contribution in [1.82, 2.24) is 10.1 Å². The van der Waals surface area contributed by atoms with Crippen LogP contribution in [0.4, 0.5) is 5.69 Å². The Bertz CT molecular complexity index is 1260. The maximum Gasteiger partial charge on any atom is 0.265 e. The van der Waals surface area contributed by atoms with Crippen LogP contribution >= 0.6 is 0 Å². The molecule has 0 saturated carbocycles. The second kappa shape index (κ2) is 9.56. The van der Waals surface area contributed by atoms with Crippen LogP contribution in [0.2, 0.25) is 0 Å². The number of rotatable bonds is 7. The Labute approximate surface area is 192 Å². The number of methoxy groups -OCH3 is 1. The van der Waals surface area contributed by atoms with Crippen molar-refractivity contribution < 1.29 is 18.8 Å². The number of nitrogens with zero attached hydrogens (tertiary/aromatic N) is 2. The van der Waals surface area contributed by atoms with Gasteiger partial charge in [-0.3, -0.25) is 4.79 Å². The summed E-state index contributed by atoms with van der Waals surface area (Å²) in [5.41, 5.74) is 4.09. The molecule has 0 spiro atoms. The van der Waals surface area contributed by atoms with Crippen molar-refractivity contribution in [3.63, 3.8) is 0 Å². The fraction of sp³-hybridized carbons (Fsp3) is 0.192. The molecule has 3 aromatic carbocycles. The number of para-hydroxylation sites is 1. The molecular weight excluding hydrogens is 418 g/mol. The number of carbonyl (C=O) groups is 1. The van der Waals surface area contributed by atoms with E-state index in [-0.39, 0.29) is 5.91 Å². The van der Waals surface area contributed by atoms with Gasteiger partial charge in [0.25, 0.3) is 11.8 Å². The summed E-state index contributed by atoms with van der Waals surface area (Å²) < 4.78 is 16.6. The molecule has 0 radical (unpaired) electrons. The molecule has 0 fully saturated rings. The predicted octanol–water partition coefficient (Wildman–Crippen LogP) is 5.44. The lowest BCUT2D eigenvalue weighted by Gasteiger charge is -2.17. The van der Waals surface area contributed by atoms with Crippen LogP contribution in [0.25, 0.3) is 22.8 Å². The number of aromatic nitrogens is 2. The number of ether oxygens (including phenoxy) is 2. The van der Waals surface area contributed by atoms with Crippen molar-refractivity contribution in [3.8, 4) is 34.3 Å². The van der Waals surface area contributed by atoms with Crippen molar-refractivity contribution in [2.75, 3.05) is 12.4 Å². The summed E-state index contributed by atoms with van der Waals surface area (Å²) in [7, 11) is 1.61. The third-order valence-electron chi connectivity index (χ3n) is 5.42. The van der Waals surface area contributed by atoms with E-state index in [9.17, 15) is 4.79 Å². The highest BCUT2D eigenvalue weighted by Crippen LogP contribution is 2.29. The molecule has 0 saturated heterocycles. The third-order valence-corrected chi connectivity index (χ3v) is 5.42. The average Bonchev–Trinajstić information content (AvgIpc) is 3.32. The van der Waals surface area contributed by atoms with Crippen molar-refractivity contribution in [2.45, 2.75) is 26.9 Å². The Morgan fingerprint density at radius 1 is 1.00 bits per heavy atom. The monoisotopic (exact) mass is 443 g/mol. The number of aryl methyl sites for hydroxylation is 1. The standard InChI is InChI=1S/C26H25N3O4/c1-16-8-7-11-23(17(16)2)32-18(3)25(30)27-22-10-6-5-9-21(22)26-28-24(29-33-26)19-12-14-20(31-4)15-13-19/h5-15,18H,1-4H3,(H,27,30). The van der Waals surface area contributed by atoms with Gasteiger partial charge in [0.1, 0.15) is 11.5 Å². The van der Waals surface area contributed by atoms with Crippen molar-refractivity contribution in [3.05, 3.63) is 77.9 Å². The smallest absolute Gasteiger partial charge is 0.265 e. The number of anilines is 1. The van der Waals surface area contributed by atoms with E-state index in [0.717, 1.165) is 22.4 Å². The van der Waals surface area contributed by atoms with Crippen molar-refractivity contribution >= 4 is 11.6 Å². The van der Waals surface area contributed by atoms with Gasteiger partial charge in [-0.1, -0.05) is 29.4 Å². The number of nitrogens with one attached hydrogen (secondary N) is 1. The van der Waals surface area contributed by atoms with E-state index in [1.54, 1.807) is 20.1 Å². The van der Waals surface area contributed by atoms with Crippen LogP contribution in [0, 0.1) is 13.8 Å². The summed E-state index contributed by atoms with van der Waals surface area (Å²) in [6.07, 6.45) is -0.698. The molecule has 33 heavy (non-hydrogen) atoms. The number of amides is 1. The normalized spacial score (nSPS) is 11.6. The van der Waals surface area contributed by atoms with Crippen LogP contribution in [-0.2, 0) is 4.79 Å². The first kappa shape index (κ1) is 22.1. The highest BCUT2D eigenvalue weighted by molar-refractivity contribution is 5.97. The molecule has 1 unspecified atom stereocenters. The first-order valence-corrected chi connectivity index (χ1v) is 10.6. The van der Waals surface area contributed by atoms with Gasteiger partial charge in [-0.25, -0.2) is 0 Å². The molecule has 0 aliphatic rings. The topological polar surface area (TPSA) is 86.5 Å². The lowest BCUT2D eigenvalue weighted by Crippen LogP contribution is -2.30. The van der Waals surface area contributed by atoms with E-state index in [1.165, 1.54) is 0 Å². The van der Waals surface area contributed by atoms with Gasteiger partial charge >= 0.3 is 0 Å². The zero-order valence-electron chi connectivity index (χ0n) is 19.0. The van der Waals surface area contributed by atoms with Gasteiger partial charge in [0.15, 0.2) is 6.10 Å². The fourth-order valence-electron chi connectivity index (χ4n) is 3.30. The molecule has 1 aromatic heterocycles. The first-order valence-electron chi connectivity index (χ1n) is 10.6. The quantitative estimate of drug-likeness (QED) is 0.410. The maximum absolute atomic E-state index is 12.9. The van der Waals surface area contributed by atoms with E-state index in [4.69, 9.17) is 14.0 Å². The number of hydrogen-bond acceptors (Lipinski definition) is 6. The SMILES string of the molecule is COc1ccc(-c2noc(-c3ccccc3NC(=O)C(C)Oc3cccc(C)c3C)n2)cc1. The van der Waals surface area contributed by atoms with Gasteiger partial charge in [-0.05, 0) is 74.4 Å². The zero-order valence-corrected chi connectivity index (χ0v) is 19.0. The first-order chi connectivity index (χ1) is 16.0. The second-order valence-corrected chi connectivity index (χ2v) is 7.64. The molecule has 1 amide bonds. The highest BCUT2D eigenvalue weighted by Gasteiger charge is 2.20. The molecular formula is C26H25N3O4. The Morgan fingerprint density at radius 3 is 2.52 bits per heavy atom. The Morgan fingerprint density at radius 2 is 1.76 bits per heavy atom. The number of carbonyl (C=O) groups excluding carboxylic acids is 1. The largest absolute Gasteiger partial charge is 0.497 e. The van der Waals surface area contributed by atoms with E-state index in [1.807, 2.05) is 74.5 Å². The minimum absolute atomic E-state index is 0.279. The van der Waals surface area contributed by atoms with Gasteiger partial charge < -0.3 is 19.3 Å². The molecule has 0 aliphatic carbocycles. The fourth-order valence-corrected chi connectivity index (χ4v) is 3.30. The Hall–Kier alpha value is -4.13. The average molecular weight is 444 g/mol. The van der Waals surface area contributed by atoms with Crippen LogP contribution in [0.3, 0.4) is 0 Å². The minimum Gasteiger partial charge on any atom is -0.497 e. The molecule has 4 rings (SSSR count). The highest BCUT2D eigenvalue weighted by atomic mass is 16.5. The van der Waals surface area contributed by atoms with Gasteiger partial charge in [-0.2, -0.15) is 4.98 Å². The van der Waals surface area contributed by atoms with E-state index in [2.05, 4.69) is 15.5 Å². The van der Waals surface area contributed by atoms with E-state index in [0.29, 0.717) is 28.7 Å². The van der Waals surface area contributed by atoms with Crippen molar-refractivity contribution in [2.24, 2.45) is 0 Å². The summed E-state index contributed by atoms with van der Waals surface area (Å²) in [5, 5.41) is 7.00. The molecule has 0 bridgehead atoms. The van der Waals surface area contributed by atoms with Gasteiger partial charge in [0, 0.05) is 5.56 Å². The van der Waals surface area contributed by atoms with Gasteiger partial charge in [0.2, 0.25) is 5.82 Å².